The number of benzene rings is 2. The third-order valence-corrected chi connectivity index (χ3v) is 6.67. The summed E-state index contributed by atoms with van der Waals surface area (Å²) in [5, 5.41) is 2.05. The molecule has 0 unspecified atom stereocenters. The van der Waals surface area contributed by atoms with E-state index < -0.39 is 0 Å². The summed E-state index contributed by atoms with van der Waals surface area (Å²) >= 11 is 3.20. The standard InChI is InChI=1S/C22H19FO2S2/c1-25-22(24)21-19(26-2)12-17(18-7-4-10-27-18)15-6-3-5-13-8-9-14(23)11-16(13)20(15)21/h4,7-12H,3,5-6H2,1-2H3. The van der Waals surface area contributed by atoms with Crippen molar-refractivity contribution in [1.82, 2.24) is 0 Å². The first-order valence-corrected chi connectivity index (χ1v) is 10.9. The topological polar surface area (TPSA) is 26.3 Å². The molecule has 0 aliphatic heterocycles. The zero-order chi connectivity index (χ0) is 19.0. The minimum absolute atomic E-state index is 0.287. The molecular formula is C22H19FO2S2. The molecular weight excluding hydrogens is 379 g/mol. The maximum Gasteiger partial charge on any atom is 0.339 e. The molecule has 0 atom stereocenters. The van der Waals surface area contributed by atoms with Gasteiger partial charge in [0.1, 0.15) is 5.82 Å². The second-order valence-electron chi connectivity index (χ2n) is 6.48. The van der Waals surface area contributed by atoms with Gasteiger partial charge in [0.05, 0.1) is 12.7 Å². The van der Waals surface area contributed by atoms with Crippen LogP contribution in [0.1, 0.15) is 27.9 Å². The molecule has 0 N–H and O–H groups in total. The molecule has 2 nitrogen and oxygen atoms in total. The van der Waals surface area contributed by atoms with Gasteiger partial charge in [-0.15, -0.1) is 23.1 Å². The van der Waals surface area contributed by atoms with Gasteiger partial charge in [-0.25, -0.2) is 9.18 Å². The fourth-order valence-electron chi connectivity index (χ4n) is 3.83. The SMILES string of the molecule is COC(=O)c1c(SC)cc(-c2cccs2)c2c1-c1cc(F)ccc1CCC2. The van der Waals surface area contributed by atoms with E-state index in [-0.39, 0.29) is 11.8 Å². The zero-order valence-electron chi connectivity index (χ0n) is 15.2. The maximum atomic E-state index is 14.2. The van der Waals surface area contributed by atoms with Crippen LogP contribution in [0, 0.1) is 5.82 Å². The summed E-state index contributed by atoms with van der Waals surface area (Å²) < 4.78 is 19.3. The minimum atomic E-state index is -0.370. The Morgan fingerprint density at radius 1 is 1.19 bits per heavy atom. The van der Waals surface area contributed by atoms with Crippen molar-refractivity contribution in [2.45, 2.75) is 24.2 Å². The van der Waals surface area contributed by atoms with Crippen LogP contribution in [0.25, 0.3) is 21.6 Å². The van der Waals surface area contributed by atoms with E-state index in [9.17, 15) is 9.18 Å². The van der Waals surface area contributed by atoms with Gasteiger partial charge >= 0.3 is 5.97 Å². The van der Waals surface area contributed by atoms with Crippen molar-refractivity contribution in [1.29, 1.82) is 0 Å². The van der Waals surface area contributed by atoms with Crippen molar-refractivity contribution in [2.75, 3.05) is 13.4 Å². The van der Waals surface area contributed by atoms with Crippen LogP contribution in [-0.4, -0.2) is 19.3 Å². The summed E-state index contributed by atoms with van der Waals surface area (Å²) in [5.41, 5.74) is 5.53. The molecule has 0 saturated carbocycles. The number of hydrogen-bond acceptors (Lipinski definition) is 4. The van der Waals surface area contributed by atoms with E-state index >= 15 is 0 Å². The summed E-state index contributed by atoms with van der Waals surface area (Å²) in [6.07, 6.45) is 4.62. The normalized spacial score (nSPS) is 12.9. The average Bonchev–Trinajstić information content (AvgIpc) is 3.15. The van der Waals surface area contributed by atoms with E-state index in [2.05, 4.69) is 17.5 Å². The third kappa shape index (κ3) is 3.19. The van der Waals surface area contributed by atoms with Gasteiger partial charge in [0.15, 0.2) is 0 Å². The van der Waals surface area contributed by atoms with Gasteiger partial charge in [-0.2, -0.15) is 0 Å². The molecule has 0 spiro atoms. The number of hydrogen-bond donors (Lipinski definition) is 0. The van der Waals surface area contributed by atoms with Crippen LogP contribution in [0.4, 0.5) is 4.39 Å². The predicted molar refractivity (Wildman–Crippen MR) is 110 cm³/mol. The molecule has 1 aliphatic carbocycles. The first-order chi connectivity index (χ1) is 13.1. The lowest BCUT2D eigenvalue weighted by atomic mass is 9.88. The largest absolute Gasteiger partial charge is 0.465 e. The molecule has 27 heavy (non-hydrogen) atoms. The van der Waals surface area contributed by atoms with Gasteiger partial charge in [-0.1, -0.05) is 12.1 Å². The molecule has 0 fully saturated rings. The predicted octanol–water partition coefficient (Wildman–Crippen LogP) is 6.22. The van der Waals surface area contributed by atoms with Crippen molar-refractivity contribution < 1.29 is 13.9 Å². The van der Waals surface area contributed by atoms with Gasteiger partial charge in [-0.05, 0) is 77.4 Å². The highest BCUT2D eigenvalue weighted by molar-refractivity contribution is 7.98. The number of ether oxygens (including phenoxy) is 1. The van der Waals surface area contributed by atoms with Gasteiger partial charge in [0.25, 0.3) is 0 Å². The van der Waals surface area contributed by atoms with Crippen LogP contribution >= 0.6 is 23.1 Å². The highest BCUT2D eigenvalue weighted by atomic mass is 32.2. The number of rotatable bonds is 3. The van der Waals surface area contributed by atoms with Gasteiger partial charge in [0, 0.05) is 15.3 Å². The second kappa shape index (κ2) is 7.49. The Kier molecular flexibility index (Phi) is 5.06. The van der Waals surface area contributed by atoms with Crippen LogP contribution in [-0.2, 0) is 17.6 Å². The average molecular weight is 399 g/mol. The molecule has 0 bridgehead atoms. The highest BCUT2D eigenvalue weighted by Crippen LogP contribution is 2.45. The van der Waals surface area contributed by atoms with E-state index in [1.165, 1.54) is 24.9 Å². The lowest BCUT2D eigenvalue weighted by Crippen LogP contribution is -2.09. The Morgan fingerprint density at radius 2 is 2.04 bits per heavy atom. The summed E-state index contributed by atoms with van der Waals surface area (Å²) in [5.74, 6) is -0.657. The molecule has 0 radical (unpaired) electrons. The number of aryl methyl sites for hydroxylation is 1. The molecule has 0 amide bonds. The Bertz CT molecular complexity index is 1010. The Morgan fingerprint density at radius 3 is 2.74 bits per heavy atom. The molecule has 3 aromatic rings. The van der Waals surface area contributed by atoms with Crippen LogP contribution < -0.4 is 0 Å². The molecule has 2 aromatic carbocycles. The van der Waals surface area contributed by atoms with E-state index in [4.69, 9.17) is 4.74 Å². The van der Waals surface area contributed by atoms with Crippen molar-refractivity contribution in [2.24, 2.45) is 0 Å². The third-order valence-electron chi connectivity index (χ3n) is 5.01. The Hall–Kier alpha value is -2.11. The lowest BCUT2D eigenvalue weighted by molar-refractivity contribution is 0.0597. The van der Waals surface area contributed by atoms with Crippen molar-refractivity contribution in [3.8, 4) is 21.6 Å². The highest BCUT2D eigenvalue weighted by Gasteiger charge is 2.28. The van der Waals surface area contributed by atoms with Crippen molar-refractivity contribution in [3.05, 3.63) is 64.3 Å². The summed E-state index contributed by atoms with van der Waals surface area (Å²) in [6, 6.07) is 11.1. The summed E-state index contributed by atoms with van der Waals surface area (Å²) in [6.45, 7) is 0. The number of halogens is 1. The fourth-order valence-corrected chi connectivity index (χ4v) is 5.22. The quantitative estimate of drug-likeness (QED) is 0.387. The van der Waals surface area contributed by atoms with E-state index in [1.54, 1.807) is 17.4 Å². The number of thioether (sulfide) groups is 1. The number of carbonyl (C=O) groups excluding carboxylic acids is 1. The summed E-state index contributed by atoms with van der Waals surface area (Å²) in [4.78, 5) is 14.8. The molecule has 1 aliphatic rings. The van der Waals surface area contributed by atoms with Crippen LogP contribution in [0.5, 0.6) is 0 Å². The van der Waals surface area contributed by atoms with Crippen molar-refractivity contribution in [3.63, 3.8) is 0 Å². The minimum Gasteiger partial charge on any atom is -0.465 e. The van der Waals surface area contributed by atoms with E-state index in [0.717, 1.165) is 56.9 Å². The van der Waals surface area contributed by atoms with Gasteiger partial charge in [0.2, 0.25) is 0 Å². The van der Waals surface area contributed by atoms with Gasteiger partial charge in [-0.3, -0.25) is 0 Å². The molecule has 1 heterocycles. The number of carbonyl (C=O) groups is 1. The molecule has 138 valence electrons. The first-order valence-electron chi connectivity index (χ1n) is 8.79. The number of fused-ring (bicyclic) bond motifs is 3. The van der Waals surface area contributed by atoms with E-state index in [0.29, 0.717) is 5.56 Å². The molecule has 5 heteroatoms. The monoisotopic (exact) mass is 398 g/mol. The molecule has 1 aromatic heterocycles. The molecule has 0 saturated heterocycles. The van der Waals surface area contributed by atoms with Crippen LogP contribution in [0.3, 0.4) is 0 Å². The first kappa shape index (κ1) is 18.3. The van der Waals surface area contributed by atoms with Crippen molar-refractivity contribution >= 4 is 29.1 Å². The van der Waals surface area contributed by atoms with Crippen LogP contribution in [0.2, 0.25) is 0 Å². The Balaban J connectivity index is 2.14. The Labute approximate surface area is 166 Å². The molecule has 4 rings (SSSR count). The lowest BCUT2D eigenvalue weighted by Gasteiger charge is -2.20. The number of methoxy groups -OCH3 is 1. The fraction of sp³-hybridized carbons (Fsp3) is 0.227. The second-order valence-corrected chi connectivity index (χ2v) is 8.27. The number of thiophene rings is 1. The zero-order valence-corrected chi connectivity index (χ0v) is 16.8. The smallest absolute Gasteiger partial charge is 0.339 e. The van der Waals surface area contributed by atoms with Crippen LogP contribution in [0.15, 0.2) is 46.7 Å². The number of esters is 1. The maximum absolute atomic E-state index is 14.2. The summed E-state index contributed by atoms with van der Waals surface area (Å²) in [7, 11) is 1.40. The van der Waals surface area contributed by atoms with Gasteiger partial charge < -0.3 is 4.74 Å². The van der Waals surface area contributed by atoms with E-state index in [1.807, 2.05) is 18.4 Å².